The molecule has 2 atom stereocenters. The molecule has 0 radical (unpaired) electrons. The highest BCUT2D eigenvalue weighted by Gasteiger charge is 2.46. The molecule has 3 saturated heterocycles. The summed E-state index contributed by atoms with van der Waals surface area (Å²) in [5, 5.41) is 0. The van der Waals surface area contributed by atoms with Crippen LogP contribution in [0.1, 0.15) is 31.2 Å². The third kappa shape index (κ3) is 3.50. The summed E-state index contributed by atoms with van der Waals surface area (Å²) in [6.07, 6.45) is 7.73. The van der Waals surface area contributed by atoms with Crippen molar-refractivity contribution in [3.8, 4) is 0 Å². The van der Waals surface area contributed by atoms with Crippen molar-refractivity contribution in [2.75, 3.05) is 39.4 Å². The zero-order valence-corrected chi connectivity index (χ0v) is 14.1. The Labute approximate surface area is 142 Å². The Balaban J connectivity index is 1.23. The van der Waals surface area contributed by atoms with Crippen LogP contribution in [0.2, 0.25) is 0 Å². The highest BCUT2D eigenvalue weighted by Crippen LogP contribution is 2.36. The van der Waals surface area contributed by atoms with Crippen molar-refractivity contribution >= 4 is 5.91 Å². The van der Waals surface area contributed by atoms with Crippen molar-refractivity contribution in [2.45, 2.75) is 43.9 Å². The molecule has 3 aliphatic rings. The van der Waals surface area contributed by atoms with Gasteiger partial charge in [-0.2, -0.15) is 0 Å². The van der Waals surface area contributed by atoms with Gasteiger partial charge in [0.05, 0.1) is 30.8 Å². The molecule has 0 saturated carbocycles. The first-order valence-electron chi connectivity index (χ1n) is 8.99. The molecule has 0 N–H and O–H groups in total. The first-order valence-corrected chi connectivity index (χ1v) is 8.99. The summed E-state index contributed by atoms with van der Waals surface area (Å²) in [4.78, 5) is 16.4. The molecule has 3 fully saturated rings. The van der Waals surface area contributed by atoms with Crippen LogP contribution in [0.15, 0.2) is 23.0 Å². The lowest BCUT2D eigenvalue weighted by Crippen LogP contribution is -2.34. The van der Waals surface area contributed by atoms with E-state index in [1.807, 2.05) is 11.0 Å². The van der Waals surface area contributed by atoms with E-state index in [2.05, 4.69) is 4.90 Å². The van der Waals surface area contributed by atoms with Crippen molar-refractivity contribution < 1.29 is 18.7 Å². The number of carbonyl (C=O) groups is 1. The molecule has 3 aliphatic heterocycles. The van der Waals surface area contributed by atoms with Crippen LogP contribution in [0.4, 0.5) is 0 Å². The molecule has 1 aromatic heterocycles. The van der Waals surface area contributed by atoms with E-state index < -0.39 is 0 Å². The van der Waals surface area contributed by atoms with Gasteiger partial charge in [-0.25, -0.2) is 0 Å². The lowest BCUT2D eigenvalue weighted by Gasteiger charge is -2.23. The van der Waals surface area contributed by atoms with Gasteiger partial charge < -0.3 is 18.8 Å². The van der Waals surface area contributed by atoms with Gasteiger partial charge in [0.2, 0.25) is 5.91 Å². The molecule has 6 nitrogen and oxygen atoms in total. The molecule has 24 heavy (non-hydrogen) atoms. The van der Waals surface area contributed by atoms with Gasteiger partial charge in [0, 0.05) is 44.7 Å². The summed E-state index contributed by atoms with van der Waals surface area (Å²) >= 11 is 0. The minimum atomic E-state index is -0.0922. The number of carbonyl (C=O) groups excluding carboxylic acids is 1. The largest absolute Gasteiger partial charge is 0.472 e. The van der Waals surface area contributed by atoms with Crippen LogP contribution in [0.25, 0.3) is 0 Å². The van der Waals surface area contributed by atoms with Crippen LogP contribution >= 0.6 is 0 Å². The maximum absolute atomic E-state index is 12.1. The highest BCUT2D eigenvalue weighted by molar-refractivity contribution is 5.77. The second-order valence-electron chi connectivity index (χ2n) is 7.31. The Kier molecular flexibility index (Phi) is 4.61. The molecule has 4 heterocycles. The Bertz CT molecular complexity index is 555. The van der Waals surface area contributed by atoms with E-state index in [1.54, 1.807) is 12.5 Å². The molecule has 0 aliphatic carbocycles. The molecule has 0 aromatic carbocycles. The molecule has 132 valence electrons. The van der Waals surface area contributed by atoms with Crippen LogP contribution in [0.3, 0.4) is 0 Å². The number of hydrogen-bond donors (Lipinski definition) is 0. The molecular weight excluding hydrogens is 308 g/mol. The molecular formula is C18H26N2O4. The van der Waals surface area contributed by atoms with Gasteiger partial charge in [-0.05, 0) is 25.3 Å². The van der Waals surface area contributed by atoms with Crippen LogP contribution in [0.5, 0.6) is 0 Å². The lowest BCUT2D eigenvalue weighted by molar-refractivity contribution is -0.137. The Morgan fingerprint density at radius 1 is 1.33 bits per heavy atom. The van der Waals surface area contributed by atoms with E-state index >= 15 is 0 Å². The SMILES string of the molecule is O=C(CO[C@H]1CO[C@@]2(CCN(Cc3ccoc3)C2)C1)N1CCCC1. The number of amides is 1. The topological polar surface area (TPSA) is 55.2 Å². The minimum Gasteiger partial charge on any atom is -0.472 e. The van der Waals surface area contributed by atoms with Crippen molar-refractivity contribution in [1.82, 2.24) is 9.80 Å². The Morgan fingerprint density at radius 3 is 3.00 bits per heavy atom. The van der Waals surface area contributed by atoms with Gasteiger partial charge in [-0.15, -0.1) is 0 Å². The van der Waals surface area contributed by atoms with Crippen molar-refractivity contribution in [1.29, 1.82) is 0 Å². The maximum atomic E-state index is 12.1. The van der Waals surface area contributed by atoms with E-state index in [1.165, 1.54) is 5.56 Å². The average molecular weight is 334 g/mol. The monoisotopic (exact) mass is 334 g/mol. The van der Waals surface area contributed by atoms with Gasteiger partial charge in [0.15, 0.2) is 0 Å². The van der Waals surface area contributed by atoms with Crippen LogP contribution in [-0.2, 0) is 20.8 Å². The average Bonchev–Trinajstić information content (AvgIpc) is 3.35. The highest BCUT2D eigenvalue weighted by atomic mass is 16.6. The maximum Gasteiger partial charge on any atom is 0.248 e. The van der Waals surface area contributed by atoms with Crippen LogP contribution < -0.4 is 0 Å². The van der Waals surface area contributed by atoms with Gasteiger partial charge in [-0.1, -0.05) is 0 Å². The van der Waals surface area contributed by atoms with E-state index in [4.69, 9.17) is 13.9 Å². The van der Waals surface area contributed by atoms with Crippen molar-refractivity contribution in [3.05, 3.63) is 24.2 Å². The minimum absolute atomic E-state index is 0.0467. The van der Waals surface area contributed by atoms with Crippen LogP contribution in [0, 0.1) is 0 Å². The summed E-state index contributed by atoms with van der Waals surface area (Å²) in [6, 6.07) is 2.01. The third-order valence-electron chi connectivity index (χ3n) is 5.46. The first-order chi connectivity index (χ1) is 11.7. The third-order valence-corrected chi connectivity index (χ3v) is 5.46. The second kappa shape index (κ2) is 6.86. The number of furan rings is 1. The summed E-state index contributed by atoms with van der Waals surface area (Å²) in [5.41, 5.74) is 1.11. The van der Waals surface area contributed by atoms with Gasteiger partial charge in [0.1, 0.15) is 6.61 Å². The normalized spacial score (nSPS) is 30.7. The Morgan fingerprint density at radius 2 is 2.21 bits per heavy atom. The van der Waals surface area contributed by atoms with Gasteiger partial charge >= 0.3 is 0 Å². The number of likely N-dealkylation sites (tertiary alicyclic amines) is 2. The molecule has 0 bridgehead atoms. The molecule has 1 aromatic rings. The number of nitrogens with zero attached hydrogens (tertiary/aromatic N) is 2. The number of hydrogen-bond acceptors (Lipinski definition) is 5. The molecule has 6 heteroatoms. The predicted octanol–water partition coefficient (Wildman–Crippen LogP) is 1.65. The van der Waals surface area contributed by atoms with Crippen molar-refractivity contribution in [2.24, 2.45) is 0 Å². The van der Waals surface area contributed by atoms with E-state index in [0.29, 0.717) is 6.61 Å². The number of ether oxygens (including phenoxy) is 2. The first kappa shape index (κ1) is 16.1. The second-order valence-corrected chi connectivity index (χ2v) is 7.31. The molecule has 4 rings (SSSR count). The van der Waals surface area contributed by atoms with Gasteiger partial charge in [-0.3, -0.25) is 9.69 Å². The lowest BCUT2D eigenvalue weighted by atomic mass is 9.98. The number of rotatable bonds is 5. The quantitative estimate of drug-likeness (QED) is 0.820. The summed E-state index contributed by atoms with van der Waals surface area (Å²) < 4.78 is 17.1. The molecule has 1 amide bonds. The molecule has 0 unspecified atom stereocenters. The predicted molar refractivity (Wildman–Crippen MR) is 87.5 cm³/mol. The van der Waals surface area contributed by atoms with E-state index in [0.717, 1.165) is 58.4 Å². The zero-order chi connectivity index (χ0) is 16.4. The van der Waals surface area contributed by atoms with E-state index in [9.17, 15) is 4.79 Å². The fourth-order valence-corrected chi connectivity index (χ4v) is 4.14. The smallest absolute Gasteiger partial charge is 0.248 e. The van der Waals surface area contributed by atoms with Crippen molar-refractivity contribution in [3.63, 3.8) is 0 Å². The fourth-order valence-electron chi connectivity index (χ4n) is 4.14. The standard InChI is InChI=1S/C18H26N2O4/c21-17(20-5-1-2-6-20)13-23-16-9-18(24-12-16)4-7-19(14-18)10-15-3-8-22-11-15/h3,8,11,16H,1-2,4-7,9-10,12-14H2/t16-,18+/m1/s1. The van der Waals surface area contributed by atoms with Gasteiger partial charge in [0.25, 0.3) is 0 Å². The summed E-state index contributed by atoms with van der Waals surface area (Å²) in [6.45, 7) is 5.44. The Hall–Kier alpha value is -1.37. The van der Waals surface area contributed by atoms with E-state index in [-0.39, 0.29) is 24.2 Å². The fraction of sp³-hybridized carbons (Fsp3) is 0.722. The summed E-state index contributed by atoms with van der Waals surface area (Å²) in [7, 11) is 0. The zero-order valence-electron chi connectivity index (χ0n) is 14.1. The summed E-state index contributed by atoms with van der Waals surface area (Å²) in [5.74, 6) is 0.126. The molecule has 1 spiro atoms. The van der Waals surface area contributed by atoms with Crippen LogP contribution in [-0.4, -0.2) is 66.8 Å².